The lowest BCUT2D eigenvalue weighted by Crippen LogP contribution is -2.27. The van der Waals surface area contributed by atoms with Crippen molar-refractivity contribution in [3.63, 3.8) is 0 Å². The van der Waals surface area contributed by atoms with Gasteiger partial charge in [0.05, 0.1) is 5.75 Å². The summed E-state index contributed by atoms with van der Waals surface area (Å²) < 4.78 is 27.3. The van der Waals surface area contributed by atoms with Crippen LogP contribution in [0.3, 0.4) is 0 Å². The summed E-state index contributed by atoms with van der Waals surface area (Å²) in [4.78, 5) is 15.2. The lowest BCUT2D eigenvalue weighted by atomic mass is 9.99. The van der Waals surface area contributed by atoms with Gasteiger partial charge >= 0.3 is 0 Å². The van der Waals surface area contributed by atoms with Gasteiger partial charge in [0.1, 0.15) is 5.52 Å². The van der Waals surface area contributed by atoms with E-state index in [0.29, 0.717) is 18.0 Å². The van der Waals surface area contributed by atoms with E-state index < -0.39 is 9.84 Å². The monoisotopic (exact) mass is 413 g/mol. The highest BCUT2D eigenvalue weighted by molar-refractivity contribution is 7.89. The zero-order valence-corrected chi connectivity index (χ0v) is 18.4. The smallest absolute Gasteiger partial charge is 0.274 e. The SMILES string of the molecule is CC(C)CN1Cc2cn(C)c3c(=O)n(C)cc(c23)-c2cc(CS(C)(=O)=O)ccc21. The fourth-order valence-electron chi connectivity index (χ4n) is 4.42. The van der Waals surface area contributed by atoms with Crippen LogP contribution in [0.25, 0.3) is 22.0 Å². The predicted octanol–water partition coefficient (Wildman–Crippen LogP) is 3.06. The molecule has 0 aliphatic carbocycles. The molecule has 0 fully saturated rings. The first-order valence-electron chi connectivity index (χ1n) is 9.78. The third-order valence-corrected chi connectivity index (χ3v) is 6.30. The molecule has 0 spiro atoms. The third-order valence-electron chi connectivity index (χ3n) is 5.44. The minimum Gasteiger partial charge on any atom is -0.366 e. The maximum absolute atomic E-state index is 12.8. The van der Waals surface area contributed by atoms with Crippen molar-refractivity contribution in [3.8, 4) is 11.1 Å². The standard InChI is InChI=1S/C22H27N3O3S/c1-14(2)9-25-11-16-10-23(3)21-20(16)18(12-24(4)22(21)26)17-8-15(6-7-19(17)25)13-29(5,27)28/h6-8,10,12,14H,9,11,13H2,1-5H3. The highest BCUT2D eigenvalue weighted by Crippen LogP contribution is 2.41. The third kappa shape index (κ3) is 3.48. The van der Waals surface area contributed by atoms with Crippen LogP contribution in [0.4, 0.5) is 5.69 Å². The van der Waals surface area contributed by atoms with Gasteiger partial charge in [-0.2, -0.15) is 0 Å². The van der Waals surface area contributed by atoms with Crippen LogP contribution in [0.1, 0.15) is 25.0 Å². The zero-order chi connectivity index (χ0) is 21.1. The highest BCUT2D eigenvalue weighted by Gasteiger charge is 2.26. The summed E-state index contributed by atoms with van der Waals surface area (Å²) in [5.41, 5.74) is 5.59. The summed E-state index contributed by atoms with van der Waals surface area (Å²) in [6, 6.07) is 5.91. The van der Waals surface area contributed by atoms with Crippen LogP contribution >= 0.6 is 0 Å². The minimum atomic E-state index is -3.14. The quantitative estimate of drug-likeness (QED) is 0.659. The Morgan fingerprint density at radius 1 is 1.07 bits per heavy atom. The number of fused-ring (bicyclic) bond motifs is 2. The second-order valence-electron chi connectivity index (χ2n) is 8.64. The van der Waals surface area contributed by atoms with E-state index in [1.54, 1.807) is 11.6 Å². The largest absolute Gasteiger partial charge is 0.366 e. The summed E-state index contributed by atoms with van der Waals surface area (Å²) in [6.45, 7) is 5.96. The molecule has 6 nitrogen and oxygen atoms in total. The molecule has 1 aromatic carbocycles. The second kappa shape index (κ2) is 6.76. The van der Waals surface area contributed by atoms with Gasteiger partial charge in [-0.05, 0) is 29.2 Å². The Morgan fingerprint density at radius 2 is 1.79 bits per heavy atom. The van der Waals surface area contributed by atoms with Crippen LogP contribution in [0, 0.1) is 5.92 Å². The molecular formula is C22H27N3O3S. The first kappa shape index (κ1) is 19.8. The van der Waals surface area contributed by atoms with Crippen molar-refractivity contribution in [2.24, 2.45) is 20.0 Å². The zero-order valence-electron chi connectivity index (χ0n) is 17.6. The van der Waals surface area contributed by atoms with Crippen LogP contribution in [-0.2, 0) is 36.2 Å². The summed E-state index contributed by atoms with van der Waals surface area (Å²) in [5.74, 6) is 0.464. The molecule has 1 aliphatic rings. The van der Waals surface area contributed by atoms with Gasteiger partial charge in [0, 0.05) is 68.0 Å². The van der Waals surface area contributed by atoms with E-state index in [0.717, 1.165) is 39.9 Å². The molecule has 29 heavy (non-hydrogen) atoms. The molecule has 7 heteroatoms. The molecule has 0 atom stereocenters. The van der Waals surface area contributed by atoms with E-state index in [2.05, 4.69) is 18.7 Å². The van der Waals surface area contributed by atoms with Crippen LogP contribution in [0.15, 0.2) is 35.4 Å². The van der Waals surface area contributed by atoms with E-state index in [1.165, 1.54) is 6.26 Å². The number of aryl methyl sites for hydroxylation is 2. The van der Waals surface area contributed by atoms with E-state index in [9.17, 15) is 13.2 Å². The molecule has 2 aromatic heterocycles. The molecule has 3 aromatic rings. The lowest BCUT2D eigenvalue weighted by Gasteiger charge is -2.27. The van der Waals surface area contributed by atoms with Crippen LogP contribution in [0.5, 0.6) is 0 Å². The fraction of sp³-hybridized carbons (Fsp3) is 0.409. The van der Waals surface area contributed by atoms with Crippen molar-refractivity contribution in [2.75, 3.05) is 17.7 Å². The van der Waals surface area contributed by atoms with Crippen molar-refractivity contribution in [1.82, 2.24) is 9.13 Å². The molecule has 3 heterocycles. The molecule has 0 radical (unpaired) electrons. The molecule has 0 saturated heterocycles. The number of nitrogens with zero attached hydrogens (tertiary/aromatic N) is 3. The van der Waals surface area contributed by atoms with Gasteiger partial charge in [0.15, 0.2) is 9.84 Å². The Labute approximate surface area is 171 Å². The summed E-state index contributed by atoms with van der Waals surface area (Å²) in [5, 5.41) is 0.972. The van der Waals surface area contributed by atoms with Crippen molar-refractivity contribution in [3.05, 3.63) is 52.1 Å². The van der Waals surface area contributed by atoms with Crippen LogP contribution in [0.2, 0.25) is 0 Å². The number of anilines is 1. The summed E-state index contributed by atoms with van der Waals surface area (Å²) in [7, 11) is 0.533. The highest BCUT2D eigenvalue weighted by atomic mass is 32.2. The fourth-order valence-corrected chi connectivity index (χ4v) is 5.20. The summed E-state index contributed by atoms with van der Waals surface area (Å²) >= 11 is 0. The van der Waals surface area contributed by atoms with E-state index in [4.69, 9.17) is 0 Å². The second-order valence-corrected chi connectivity index (χ2v) is 10.8. The number of hydrogen-bond donors (Lipinski definition) is 0. The molecule has 1 aliphatic heterocycles. The van der Waals surface area contributed by atoms with Crippen LogP contribution < -0.4 is 10.5 Å². The number of aromatic nitrogens is 2. The van der Waals surface area contributed by atoms with Gasteiger partial charge in [-0.25, -0.2) is 8.42 Å². The average molecular weight is 414 g/mol. The Morgan fingerprint density at radius 3 is 2.45 bits per heavy atom. The minimum absolute atomic E-state index is 0.00101. The van der Waals surface area contributed by atoms with Gasteiger partial charge in [-0.3, -0.25) is 4.79 Å². The van der Waals surface area contributed by atoms with Gasteiger partial charge in [0.2, 0.25) is 0 Å². The molecule has 0 N–H and O–H groups in total. The Kier molecular flexibility index (Phi) is 4.61. The normalized spacial score (nSPS) is 13.8. The Bertz CT molecular complexity index is 1280. The van der Waals surface area contributed by atoms with Gasteiger partial charge in [-0.1, -0.05) is 19.9 Å². The maximum Gasteiger partial charge on any atom is 0.274 e. The van der Waals surface area contributed by atoms with Gasteiger partial charge < -0.3 is 14.0 Å². The molecule has 154 valence electrons. The molecule has 0 saturated carbocycles. The first-order chi connectivity index (χ1) is 13.5. The molecular weight excluding hydrogens is 386 g/mol. The van der Waals surface area contributed by atoms with E-state index in [1.807, 2.05) is 42.2 Å². The molecule has 4 rings (SSSR count). The van der Waals surface area contributed by atoms with E-state index >= 15 is 0 Å². The van der Waals surface area contributed by atoms with Crippen molar-refractivity contribution >= 4 is 26.4 Å². The Balaban J connectivity index is 2.06. The topological polar surface area (TPSA) is 64.3 Å². The number of hydrogen-bond acceptors (Lipinski definition) is 4. The number of pyridine rings is 1. The Hall–Kier alpha value is -2.54. The molecule has 0 amide bonds. The number of benzene rings is 1. The van der Waals surface area contributed by atoms with Crippen molar-refractivity contribution in [1.29, 1.82) is 0 Å². The van der Waals surface area contributed by atoms with Crippen molar-refractivity contribution in [2.45, 2.75) is 26.1 Å². The molecule has 0 bridgehead atoms. The average Bonchev–Trinajstić information content (AvgIpc) is 2.86. The first-order valence-corrected chi connectivity index (χ1v) is 11.8. The molecule has 0 unspecified atom stereocenters. The van der Waals surface area contributed by atoms with Crippen molar-refractivity contribution < 1.29 is 8.42 Å². The summed E-state index contributed by atoms with van der Waals surface area (Å²) in [6.07, 6.45) is 5.19. The van der Waals surface area contributed by atoms with Crippen LogP contribution in [-0.4, -0.2) is 30.4 Å². The van der Waals surface area contributed by atoms with E-state index in [-0.39, 0.29) is 11.3 Å². The predicted molar refractivity (Wildman–Crippen MR) is 118 cm³/mol. The van der Waals surface area contributed by atoms with Gasteiger partial charge in [-0.15, -0.1) is 0 Å². The number of sulfone groups is 1. The number of rotatable bonds is 4. The van der Waals surface area contributed by atoms with Gasteiger partial charge in [0.25, 0.3) is 5.56 Å². The maximum atomic E-state index is 12.8. The lowest BCUT2D eigenvalue weighted by molar-refractivity contribution is 0.601.